The number of hydrogen-bond donors (Lipinski definition) is 1. The maximum absolute atomic E-state index is 11.4. The Hall–Kier alpha value is -0.560. The van der Waals surface area contributed by atoms with E-state index < -0.39 is 9.84 Å². The lowest BCUT2D eigenvalue weighted by Gasteiger charge is -2.38. The highest BCUT2D eigenvalue weighted by Crippen LogP contribution is 2.37. The van der Waals surface area contributed by atoms with E-state index in [9.17, 15) is 8.42 Å². The van der Waals surface area contributed by atoms with E-state index in [-0.39, 0.29) is 29.7 Å². The molecule has 2 bridgehead atoms. The van der Waals surface area contributed by atoms with E-state index in [0.717, 1.165) is 31.5 Å². The summed E-state index contributed by atoms with van der Waals surface area (Å²) in [6, 6.07) is 4.68. The molecule has 0 amide bonds. The molecule has 0 saturated carbocycles. The minimum atomic E-state index is -3.17. The fraction of sp³-hybridized carbons (Fsp3) is 0.615. The van der Waals surface area contributed by atoms with Crippen molar-refractivity contribution < 1.29 is 8.42 Å². The Labute approximate surface area is 138 Å². The molecule has 1 aromatic rings. The molecule has 3 heterocycles. The van der Waals surface area contributed by atoms with Crippen LogP contribution in [-0.4, -0.2) is 37.8 Å². The SMILES string of the molecule is CS(=O)(=O)c1ccc(N2[C@@H]3CC[C@H]2CC(N)C3)nc1.Cl.Cl. The first-order chi connectivity index (χ1) is 8.95. The van der Waals surface area contributed by atoms with Crippen molar-refractivity contribution in [1.29, 1.82) is 0 Å². The first-order valence-electron chi connectivity index (χ1n) is 6.65. The maximum atomic E-state index is 11.4. The number of fused-ring (bicyclic) bond motifs is 2. The molecule has 0 aliphatic carbocycles. The van der Waals surface area contributed by atoms with Gasteiger partial charge < -0.3 is 10.6 Å². The van der Waals surface area contributed by atoms with Crippen molar-refractivity contribution in [3.8, 4) is 0 Å². The molecule has 2 saturated heterocycles. The van der Waals surface area contributed by atoms with E-state index in [1.165, 1.54) is 12.5 Å². The number of piperidine rings is 1. The van der Waals surface area contributed by atoms with E-state index >= 15 is 0 Å². The number of halogens is 2. The number of rotatable bonds is 2. The highest BCUT2D eigenvalue weighted by Gasteiger charge is 2.40. The van der Waals surface area contributed by atoms with Crippen molar-refractivity contribution >= 4 is 40.5 Å². The topological polar surface area (TPSA) is 76.3 Å². The molecule has 0 spiro atoms. The molecule has 120 valence electrons. The lowest BCUT2D eigenvalue weighted by Crippen LogP contribution is -2.47. The van der Waals surface area contributed by atoms with Gasteiger partial charge in [-0.3, -0.25) is 0 Å². The molecule has 1 unspecified atom stereocenters. The van der Waals surface area contributed by atoms with Crippen LogP contribution in [0.1, 0.15) is 25.7 Å². The largest absolute Gasteiger partial charge is 0.351 e. The summed E-state index contributed by atoms with van der Waals surface area (Å²) in [6.45, 7) is 0. The van der Waals surface area contributed by atoms with Crippen molar-refractivity contribution in [2.45, 2.75) is 48.7 Å². The Bertz CT molecular complexity index is 566. The Morgan fingerprint density at radius 2 is 1.76 bits per heavy atom. The zero-order valence-electron chi connectivity index (χ0n) is 11.8. The molecular weight excluding hydrogens is 333 g/mol. The van der Waals surface area contributed by atoms with Gasteiger partial charge in [0.05, 0.1) is 4.90 Å². The predicted octanol–water partition coefficient (Wildman–Crippen LogP) is 1.79. The zero-order valence-corrected chi connectivity index (χ0v) is 14.3. The highest BCUT2D eigenvalue weighted by molar-refractivity contribution is 7.90. The Kier molecular flexibility index (Phi) is 5.89. The number of pyridine rings is 1. The van der Waals surface area contributed by atoms with Crippen LogP contribution in [0.25, 0.3) is 0 Å². The third kappa shape index (κ3) is 3.62. The van der Waals surface area contributed by atoms with Gasteiger partial charge >= 0.3 is 0 Å². The Morgan fingerprint density at radius 1 is 1.19 bits per heavy atom. The Morgan fingerprint density at radius 3 is 2.19 bits per heavy atom. The van der Waals surface area contributed by atoms with Crippen LogP contribution < -0.4 is 10.6 Å². The van der Waals surface area contributed by atoms with Crippen molar-refractivity contribution in [1.82, 2.24) is 4.98 Å². The third-order valence-electron chi connectivity index (χ3n) is 4.18. The van der Waals surface area contributed by atoms with Crippen LogP contribution in [0.3, 0.4) is 0 Å². The molecule has 3 atom stereocenters. The van der Waals surface area contributed by atoms with Crippen LogP contribution >= 0.6 is 24.8 Å². The summed E-state index contributed by atoms with van der Waals surface area (Å²) in [7, 11) is -3.17. The fourth-order valence-electron chi connectivity index (χ4n) is 3.34. The summed E-state index contributed by atoms with van der Waals surface area (Å²) in [5, 5.41) is 0. The smallest absolute Gasteiger partial charge is 0.177 e. The van der Waals surface area contributed by atoms with E-state index in [1.807, 2.05) is 6.07 Å². The molecular formula is C13H21Cl2N3O2S. The minimum Gasteiger partial charge on any atom is -0.351 e. The number of anilines is 1. The molecule has 2 fully saturated rings. The van der Waals surface area contributed by atoms with Gasteiger partial charge in [-0.2, -0.15) is 0 Å². The van der Waals surface area contributed by atoms with E-state index in [2.05, 4.69) is 9.88 Å². The van der Waals surface area contributed by atoms with Crippen LogP contribution in [-0.2, 0) is 9.84 Å². The van der Waals surface area contributed by atoms with Gasteiger partial charge in [0.15, 0.2) is 9.84 Å². The average Bonchev–Trinajstić information content (AvgIpc) is 2.61. The van der Waals surface area contributed by atoms with Crippen molar-refractivity contribution in [3.05, 3.63) is 18.3 Å². The summed E-state index contributed by atoms with van der Waals surface area (Å²) >= 11 is 0. The lowest BCUT2D eigenvalue weighted by molar-refractivity contribution is 0.412. The maximum Gasteiger partial charge on any atom is 0.177 e. The standard InChI is InChI=1S/C13H19N3O2S.2ClH/c1-19(17,18)12-4-5-13(15-8-12)16-10-2-3-11(16)7-9(14)6-10;;/h4-5,8-11H,2-3,6-7,14H2,1H3;2*1H/t9?,10-,11+;;. The van der Waals surface area contributed by atoms with Gasteiger partial charge in [-0.25, -0.2) is 13.4 Å². The van der Waals surface area contributed by atoms with Crippen molar-refractivity contribution in [3.63, 3.8) is 0 Å². The zero-order chi connectivity index (χ0) is 13.6. The second kappa shape index (κ2) is 6.69. The molecule has 2 aliphatic heterocycles. The molecule has 5 nitrogen and oxygen atoms in total. The summed E-state index contributed by atoms with van der Waals surface area (Å²) in [5.41, 5.74) is 6.05. The number of aromatic nitrogens is 1. The van der Waals surface area contributed by atoms with Gasteiger partial charge in [0.25, 0.3) is 0 Å². The van der Waals surface area contributed by atoms with Crippen molar-refractivity contribution in [2.24, 2.45) is 5.73 Å². The lowest BCUT2D eigenvalue weighted by atomic mass is 9.98. The second-order valence-electron chi connectivity index (χ2n) is 5.65. The van der Waals surface area contributed by atoms with Gasteiger partial charge in [-0.1, -0.05) is 0 Å². The number of sulfone groups is 1. The van der Waals surface area contributed by atoms with Gasteiger partial charge in [0, 0.05) is 30.6 Å². The van der Waals surface area contributed by atoms with Crippen LogP contribution in [0, 0.1) is 0 Å². The highest BCUT2D eigenvalue weighted by atomic mass is 35.5. The summed E-state index contributed by atoms with van der Waals surface area (Å²) < 4.78 is 22.9. The first-order valence-corrected chi connectivity index (χ1v) is 8.54. The van der Waals surface area contributed by atoms with Gasteiger partial charge in [-0.15, -0.1) is 24.8 Å². The van der Waals surface area contributed by atoms with Crippen LogP contribution in [0.5, 0.6) is 0 Å². The van der Waals surface area contributed by atoms with Gasteiger partial charge in [0.1, 0.15) is 5.82 Å². The summed E-state index contributed by atoms with van der Waals surface area (Å²) in [6.07, 6.45) is 6.99. The molecule has 0 aromatic carbocycles. The van der Waals surface area contributed by atoms with Crippen LogP contribution in [0.4, 0.5) is 5.82 Å². The summed E-state index contributed by atoms with van der Waals surface area (Å²) in [4.78, 5) is 6.94. The molecule has 8 heteroatoms. The van der Waals surface area contributed by atoms with Crippen molar-refractivity contribution in [2.75, 3.05) is 11.2 Å². The predicted molar refractivity (Wildman–Crippen MR) is 88.3 cm³/mol. The van der Waals surface area contributed by atoms with Crippen LogP contribution in [0.15, 0.2) is 23.2 Å². The number of nitrogens with zero attached hydrogens (tertiary/aromatic N) is 2. The van der Waals surface area contributed by atoms with Crippen LogP contribution in [0.2, 0.25) is 0 Å². The molecule has 2 aliphatic rings. The van der Waals surface area contributed by atoms with Gasteiger partial charge in [0.2, 0.25) is 0 Å². The number of hydrogen-bond acceptors (Lipinski definition) is 5. The fourth-order valence-corrected chi connectivity index (χ4v) is 3.90. The molecule has 21 heavy (non-hydrogen) atoms. The number of nitrogens with two attached hydrogens (primary N) is 1. The third-order valence-corrected chi connectivity index (χ3v) is 5.28. The average molecular weight is 354 g/mol. The first kappa shape index (κ1) is 18.5. The van der Waals surface area contributed by atoms with Gasteiger partial charge in [-0.05, 0) is 37.8 Å². The molecule has 0 radical (unpaired) electrons. The molecule has 2 N–H and O–H groups in total. The van der Waals surface area contributed by atoms with E-state index in [0.29, 0.717) is 18.1 Å². The molecule has 3 rings (SSSR count). The molecule has 1 aromatic heterocycles. The quantitative estimate of drug-likeness (QED) is 0.876. The van der Waals surface area contributed by atoms with E-state index in [1.54, 1.807) is 6.07 Å². The Balaban J connectivity index is 0.00000110. The monoisotopic (exact) mass is 353 g/mol. The second-order valence-corrected chi connectivity index (χ2v) is 7.66. The normalized spacial score (nSPS) is 27.7. The van der Waals surface area contributed by atoms with E-state index in [4.69, 9.17) is 5.73 Å². The minimum absolute atomic E-state index is 0. The summed E-state index contributed by atoms with van der Waals surface area (Å²) in [5.74, 6) is 0.881.